The second kappa shape index (κ2) is 5.69. The van der Waals surface area contributed by atoms with Gasteiger partial charge in [-0.25, -0.2) is 0 Å². The van der Waals surface area contributed by atoms with Crippen molar-refractivity contribution in [2.75, 3.05) is 11.9 Å². The standard InChI is InChI=1S/C11H10Cl2N4O2S/c12-7-4-5(8(13)20-7)9(18)15-11-17-16-10(19-11)6-2-1-3-14-6/h4,6,14H,1-3H2,(H,15,17,18). The molecule has 0 saturated carbocycles. The largest absolute Gasteiger partial charge is 0.406 e. The lowest BCUT2D eigenvalue weighted by molar-refractivity contribution is 0.102. The van der Waals surface area contributed by atoms with Crippen molar-refractivity contribution >= 4 is 46.5 Å². The van der Waals surface area contributed by atoms with E-state index in [0.717, 1.165) is 30.7 Å². The Morgan fingerprint density at radius 1 is 1.50 bits per heavy atom. The van der Waals surface area contributed by atoms with Crippen LogP contribution < -0.4 is 10.6 Å². The number of halogens is 2. The van der Waals surface area contributed by atoms with Gasteiger partial charge in [0.1, 0.15) is 4.34 Å². The number of carbonyl (C=O) groups is 1. The zero-order valence-corrected chi connectivity index (χ0v) is 12.5. The number of carbonyl (C=O) groups excluding carboxylic acids is 1. The number of thiophene rings is 1. The Balaban J connectivity index is 1.71. The highest BCUT2D eigenvalue weighted by Gasteiger charge is 2.23. The van der Waals surface area contributed by atoms with Crippen molar-refractivity contribution < 1.29 is 9.21 Å². The van der Waals surface area contributed by atoms with E-state index in [1.165, 1.54) is 6.07 Å². The number of rotatable bonds is 3. The van der Waals surface area contributed by atoms with Crippen LogP contribution in [0.3, 0.4) is 0 Å². The maximum Gasteiger partial charge on any atom is 0.322 e. The quantitative estimate of drug-likeness (QED) is 0.902. The van der Waals surface area contributed by atoms with E-state index in [9.17, 15) is 4.79 Å². The average molecular weight is 333 g/mol. The first-order chi connectivity index (χ1) is 9.63. The van der Waals surface area contributed by atoms with Crippen LogP contribution in [0.5, 0.6) is 0 Å². The highest BCUT2D eigenvalue weighted by Crippen LogP contribution is 2.31. The summed E-state index contributed by atoms with van der Waals surface area (Å²) in [6.07, 6.45) is 2.01. The molecule has 0 bridgehead atoms. The van der Waals surface area contributed by atoms with E-state index in [0.29, 0.717) is 20.1 Å². The van der Waals surface area contributed by atoms with Crippen molar-refractivity contribution in [3.05, 3.63) is 26.2 Å². The summed E-state index contributed by atoms with van der Waals surface area (Å²) in [4.78, 5) is 12.0. The van der Waals surface area contributed by atoms with Gasteiger partial charge in [0.15, 0.2) is 0 Å². The predicted octanol–water partition coefficient (Wildman–Crippen LogP) is 3.11. The Labute approximate surface area is 128 Å². The number of aromatic nitrogens is 2. The third-order valence-electron chi connectivity index (χ3n) is 2.92. The molecular weight excluding hydrogens is 323 g/mol. The van der Waals surface area contributed by atoms with E-state index >= 15 is 0 Å². The molecule has 6 nitrogen and oxygen atoms in total. The minimum Gasteiger partial charge on any atom is -0.406 e. The Kier molecular flexibility index (Phi) is 3.93. The van der Waals surface area contributed by atoms with Gasteiger partial charge in [-0.2, -0.15) is 0 Å². The molecule has 0 spiro atoms. The molecular formula is C11H10Cl2N4O2S. The lowest BCUT2D eigenvalue weighted by atomic mass is 10.2. The Morgan fingerprint density at radius 2 is 2.35 bits per heavy atom. The van der Waals surface area contributed by atoms with Crippen LogP contribution in [0, 0.1) is 0 Å². The SMILES string of the molecule is O=C(Nc1nnc(C2CCCN2)o1)c1cc(Cl)sc1Cl. The summed E-state index contributed by atoms with van der Waals surface area (Å²) in [6.45, 7) is 0.928. The van der Waals surface area contributed by atoms with Crippen molar-refractivity contribution in [3.8, 4) is 0 Å². The molecule has 1 amide bonds. The highest BCUT2D eigenvalue weighted by atomic mass is 35.5. The van der Waals surface area contributed by atoms with Gasteiger partial charge in [-0.05, 0) is 25.5 Å². The number of nitrogens with zero attached hydrogens (tertiary/aromatic N) is 2. The Hall–Kier alpha value is -1.15. The summed E-state index contributed by atoms with van der Waals surface area (Å²) in [5, 5.41) is 13.5. The second-order valence-electron chi connectivity index (χ2n) is 4.29. The van der Waals surface area contributed by atoms with Crippen LogP contribution in [0.2, 0.25) is 8.67 Å². The summed E-state index contributed by atoms with van der Waals surface area (Å²) in [5.74, 6) is 0.0555. The average Bonchev–Trinajstić information content (AvgIpc) is 3.09. The summed E-state index contributed by atoms with van der Waals surface area (Å²) in [7, 11) is 0. The van der Waals surface area contributed by atoms with Crippen LogP contribution in [0.25, 0.3) is 0 Å². The van der Waals surface area contributed by atoms with Gasteiger partial charge in [0, 0.05) is 0 Å². The van der Waals surface area contributed by atoms with Crippen LogP contribution in [-0.4, -0.2) is 22.6 Å². The Morgan fingerprint density at radius 3 is 3.00 bits per heavy atom. The first-order valence-electron chi connectivity index (χ1n) is 5.96. The molecule has 1 atom stereocenters. The van der Waals surface area contributed by atoms with E-state index in [1.54, 1.807) is 0 Å². The molecule has 1 fully saturated rings. The number of hydrogen-bond donors (Lipinski definition) is 2. The Bertz CT molecular complexity index is 636. The minimum absolute atomic E-state index is 0.0529. The van der Waals surface area contributed by atoms with Gasteiger partial charge < -0.3 is 9.73 Å². The molecule has 0 aromatic carbocycles. The topological polar surface area (TPSA) is 80.0 Å². The van der Waals surface area contributed by atoms with Crippen LogP contribution >= 0.6 is 34.5 Å². The van der Waals surface area contributed by atoms with E-state index in [2.05, 4.69) is 20.8 Å². The third-order valence-corrected chi connectivity index (χ3v) is 4.41. The molecule has 9 heteroatoms. The molecule has 106 valence electrons. The van der Waals surface area contributed by atoms with Gasteiger partial charge >= 0.3 is 6.01 Å². The fraction of sp³-hybridized carbons (Fsp3) is 0.364. The number of nitrogens with one attached hydrogen (secondary N) is 2. The molecule has 1 unspecified atom stereocenters. The lowest BCUT2D eigenvalue weighted by Gasteiger charge is -2.02. The van der Waals surface area contributed by atoms with Gasteiger partial charge in [-0.15, -0.1) is 16.4 Å². The molecule has 3 rings (SSSR count). The molecule has 20 heavy (non-hydrogen) atoms. The molecule has 0 radical (unpaired) electrons. The zero-order valence-electron chi connectivity index (χ0n) is 10.2. The van der Waals surface area contributed by atoms with Crippen molar-refractivity contribution in [2.45, 2.75) is 18.9 Å². The monoisotopic (exact) mass is 332 g/mol. The normalized spacial score (nSPS) is 18.4. The maximum atomic E-state index is 12.0. The summed E-state index contributed by atoms with van der Waals surface area (Å²) >= 11 is 12.8. The van der Waals surface area contributed by atoms with Crippen LogP contribution in [0.1, 0.15) is 35.1 Å². The van der Waals surface area contributed by atoms with Crippen LogP contribution in [0.4, 0.5) is 6.01 Å². The summed E-state index contributed by atoms with van der Waals surface area (Å²) in [5.41, 5.74) is 0.292. The van der Waals surface area contributed by atoms with E-state index < -0.39 is 5.91 Å². The second-order valence-corrected chi connectivity index (χ2v) is 6.57. The first kappa shape index (κ1) is 13.8. The fourth-order valence-corrected chi connectivity index (χ4v) is 3.44. The summed E-state index contributed by atoms with van der Waals surface area (Å²) in [6, 6.07) is 1.61. The molecule has 3 heterocycles. The molecule has 0 aliphatic carbocycles. The first-order valence-corrected chi connectivity index (χ1v) is 7.53. The van der Waals surface area contributed by atoms with Gasteiger partial charge in [0.25, 0.3) is 5.91 Å². The van der Waals surface area contributed by atoms with E-state index in [4.69, 9.17) is 27.6 Å². The molecule has 1 aliphatic rings. The number of anilines is 1. The smallest absolute Gasteiger partial charge is 0.322 e. The van der Waals surface area contributed by atoms with E-state index in [-0.39, 0.29) is 12.1 Å². The maximum absolute atomic E-state index is 12.0. The van der Waals surface area contributed by atoms with Crippen molar-refractivity contribution in [1.29, 1.82) is 0 Å². The van der Waals surface area contributed by atoms with Gasteiger partial charge in [0.05, 0.1) is 15.9 Å². The van der Waals surface area contributed by atoms with Gasteiger partial charge in [0.2, 0.25) is 5.89 Å². The van der Waals surface area contributed by atoms with E-state index in [1.807, 2.05) is 0 Å². The molecule has 1 aliphatic heterocycles. The van der Waals surface area contributed by atoms with Crippen molar-refractivity contribution in [3.63, 3.8) is 0 Å². The lowest BCUT2D eigenvalue weighted by Crippen LogP contribution is -2.13. The van der Waals surface area contributed by atoms with Crippen LogP contribution in [0.15, 0.2) is 10.5 Å². The van der Waals surface area contributed by atoms with Crippen LogP contribution in [-0.2, 0) is 0 Å². The van der Waals surface area contributed by atoms with Gasteiger partial charge in [-0.1, -0.05) is 28.3 Å². The predicted molar refractivity (Wildman–Crippen MR) is 76.6 cm³/mol. The number of amides is 1. The van der Waals surface area contributed by atoms with Gasteiger partial charge in [-0.3, -0.25) is 10.1 Å². The third kappa shape index (κ3) is 2.80. The van der Waals surface area contributed by atoms with Crippen molar-refractivity contribution in [2.24, 2.45) is 0 Å². The minimum atomic E-state index is -0.423. The van der Waals surface area contributed by atoms with Crippen molar-refractivity contribution in [1.82, 2.24) is 15.5 Å². The number of hydrogen-bond acceptors (Lipinski definition) is 6. The molecule has 2 aromatic heterocycles. The molecule has 2 aromatic rings. The zero-order chi connectivity index (χ0) is 14.1. The highest BCUT2D eigenvalue weighted by molar-refractivity contribution is 7.20. The fourth-order valence-electron chi connectivity index (χ4n) is 1.98. The summed E-state index contributed by atoms with van der Waals surface area (Å²) < 4.78 is 6.19. The molecule has 2 N–H and O–H groups in total. The molecule has 1 saturated heterocycles.